The molecule has 1 aromatic rings. The van der Waals surface area contributed by atoms with Crippen molar-refractivity contribution in [1.29, 1.82) is 0 Å². The second-order valence-corrected chi connectivity index (χ2v) is 6.68. The third kappa shape index (κ3) is 3.27. The number of aliphatic hydroxyl groups excluding tert-OH is 1. The summed E-state index contributed by atoms with van der Waals surface area (Å²) in [5.41, 5.74) is 2.93. The maximum absolute atomic E-state index is 8.94. The van der Waals surface area contributed by atoms with E-state index in [-0.39, 0.29) is 6.61 Å². The van der Waals surface area contributed by atoms with Crippen molar-refractivity contribution in [3.05, 3.63) is 34.3 Å². The molecule has 18 heavy (non-hydrogen) atoms. The predicted octanol–water partition coefficient (Wildman–Crippen LogP) is 4.56. The first-order valence-electron chi connectivity index (χ1n) is 6.91. The number of halogens is 1. The van der Waals surface area contributed by atoms with Crippen molar-refractivity contribution in [2.45, 2.75) is 51.9 Å². The molecule has 0 amide bonds. The molecule has 1 saturated carbocycles. The van der Waals surface area contributed by atoms with E-state index >= 15 is 0 Å². The Kier molecular flexibility index (Phi) is 4.34. The molecular weight excluding hydrogens is 244 g/mol. The lowest BCUT2D eigenvalue weighted by atomic mass is 9.71. The molecule has 0 atom stereocenters. The number of hydrogen-bond donors (Lipinski definition) is 1. The molecule has 0 aliphatic heterocycles. The first-order valence-corrected chi connectivity index (χ1v) is 7.29. The van der Waals surface area contributed by atoms with Crippen molar-refractivity contribution < 1.29 is 5.11 Å². The molecule has 1 aromatic carbocycles. The lowest BCUT2D eigenvalue weighted by Crippen LogP contribution is -2.20. The van der Waals surface area contributed by atoms with E-state index in [9.17, 15) is 0 Å². The highest BCUT2D eigenvalue weighted by Gasteiger charge is 2.28. The van der Waals surface area contributed by atoms with Crippen LogP contribution in [0.1, 0.15) is 56.6 Å². The van der Waals surface area contributed by atoms with Crippen LogP contribution >= 0.6 is 11.6 Å². The summed E-state index contributed by atoms with van der Waals surface area (Å²) < 4.78 is 0. The Morgan fingerprint density at radius 1 is 1.28 bits per heavy atom. The number of rotatable bonds is 3. The molecule has 0 radical (unpaired) electrons. The third-order valence-electron chi connectivity index (χ3n) is 4.24. The van der Waals surface area contributed by atoms with E-state index in [1.54, 1.807) is 0 Å². The molecule has 1 N–H and O–H groups in total. The number of aliphatic hydroxyl groups is 1. The van der Waals surface area contributed by atoms with Gasteiger partial charge in [0, 0.05) is 11.6 Å². The normalized spacial score (nSPS) is 20.0. The highest BCUT2D eigenvalue weighted by Crippen LogP contribution is 2.44. The quantitative estimate of drug-likeness (QED) is 0.850. The summed E-state index contributed by atoms with van der Waals surface area (Å²) in [6, 6.07) is 6.29. The number of hydrogen-bond acceptors (Lipinski definition) is 1. The van der Waals surface area contributed by atoms with Crippen molar-refractivity contribution in [1.82, 2.24) is 0 Å². The van der Waals surface area contributed by atoms with Crippen LogP contribution in [0.3, 0.4) is 0 Å². The van der Waals surface area contributed by atoms with Gasteiger partial charge in [-0.1, -0.05) is 37.6 Å². The smallest absolute Gasteiger partial charge is 0.0471 e. The van der Waals surface area contributed by atoms with Crippen LogP contribution in [0.15, 0.2) is 18.2 Å². The van der Waals surface area contributed by atoms with Gasteiger partial charge >= 0.3 is 0 Å². The van der Waals surface area contributed by atoms with Crippen LogP contribution in [-0.2, 0) is 6.42 Å². The molecule has 1 fully saturated rings. The molecule has 1 aliphatic rings. The summed E-state index contributed by atoms with van der Waals surface area (Å²) in [6.07, 6.45) is 5.74. The van der Waals surface area contributed by atoms with E-state index < -0.39 is 0 Å². The summed E-state index contributed by atoms with van der Waals surface area (Å²) in [7, 11) is 0. The number of benzene rings is 1. The van der Waals surface area contributed by atoms with Crippen LogP contribution in [-0.4, -0.2) is 11.7 Å². The van der Waals surface area contributed by atoms with Crippen molar-refractivity contribution in [3.8, 4) is 0 Å². The summed E-state index contributed by atoms with van der Waals surface area (Å²) in [6.45, 7) is 4.90. The summed E-state index contributed by atoms with van der Waals surface area (Å²) in [5.74, 6) is 0.619. The van der Waals surface area contributed by atoms with E-state index in [4.69, 9.17) is 16.7 Å². The molecule has 1 aliphatic carbocycles. The average molecular weight is 267 g/mol. The standard InChI is InChI=1S/C16H23ClO/c1-16(2)8-5-13(6-9-16)14-4-3-12(7-10-18)11-15(14)17/h3-4,11,13,18H,5-10H2,1-2H3. The molecule has 2 heteroatoms. The SMILES string of the molecule is CC1(C)CCC(c2ccc(CCO)cc2Cl)CC1. The van der Waals surface area contributed by atoms with Gasteiger partial charge in [-0.05, 0) is 60.6 Å². The Labute approximate surface area is 115 Å². The van der Waals surface area contributed by atoms with Gasteiger partial charge in [0.05, 0.1) is 0 Å². The van der Waals surface area contributed by atoms with Crippen molar-refractivity contribution in [3.63, 3.8) is 0 Å². The van der Waals surface area contributed by atoms with Gasteiger partial charge in [-0.2, -0.15) is 0 Å². The minimum atomic E-state index is 0.188. The molecule has 0 bridgehead atoms. The molecule has 2 rings (SSSR count). The molecule has 0 heterocycles. The van der Waals surface area contributed by atoms with Gasteiger partial charge in [-0.15, -0.1) is 0 Å². The Balaban J connectivity index is 2.10. The highest BCUT2D eigenvalue weighted by molar-refractivity contribution is 6.31. The Bertz CT molecular complexity index is 402. The van der Waals surface area contributed by atoms with Crippen LogP contribution in [0.5, 0.6) is 0 Å². The van der Waals surface area contributed by atoms with Gasteiger partial charge in [0.15, 0.2) is 0 Å². The Hall–Kier alpha value is -0.530. The lowest BCUT2D eigenvalue weighted by Gasteiger charge is -2.34. The molecule has 100 valence electrons. The molecule has 1 nitrogen and oxygen atoms in total. The van der Waals surface area contributed by atoms with E-state index in [0.29, 0.717) is 17.8 Å². The fraction of sp³-hybridized carbons (Fsp3) is 0.625. The summed E-state index contributed by atoms with van der Waals surface area (Å²) in [5, 5.41) is 9.82. The van der Waals surface area contributed by atoms with E-state index in [2.05, 4.69) is 26.0 Å². The van der Waals surface area contributed by atoms with Gasteiger partial charge in [-0.25, -0.2) is 0 Å². The largest absolute Gasteiger partial charge is 0.396 e. The van der Waals surface area contributed by atoms with Gasteiger partial charge in [0.25, 0.3) is 0 Å². The molecule has 0 saturated heterocycles. The van der Waals surface area contributed by atoms with Crippen LogP contribution in [0, 0.1) is 5.41 Å². The van der Waals surface area contributed by atoms with Crippen LogP contribution in [0.2, 0.25) is 5.02 Å². The highest BCUT2D eigenvalue weighted by atomic mass is 35.5. The van der Waals surface area contributed by atoms with Crippen LogP contribution in [0.25, 0.3) is 0 Å². The van der Waals surface area contributed by atoms with Crippen molar-refractivity contribution in [2.24, 2.45) is 5.41 Å². The van der Waals surface area contributed by atoms with Gasteiger partial charge in [-0.3, -0.25) is 0 Å². The maximum Gasteiger partial charge on any atom is 0.0471 e. The average Bonchev–Trinajstić information content (AvgIpc) is 2.31. The maximum atomic E-state index is 8.94. The zero-order valence-electron chi connectivity index (χ0n) is 11.4. The second kappa shape index (κ2) is 5.63. The fourth-order valence-electron chi connectivity index (χ4n) is 2.90. The molecule has 0 spiro atoms. The van der Waals surface area contributed by atoms with E-state index in [1.165, 1.54) is 31.2 Å². The minimum absolute atomic E-state index is 0.188. The van der Waals surface area contributed by atoms with Gasteiger partial charge in [0.2, 0.25) is 0 Å². The first-order chi connectivity index (χ1) is 8.52. The molecule has 0 aromatic heterocycles. The molecular formula is C16H23ClO. The van der Waals surface area contributed by atoms with Gasteiger partial charge in [0.1, 0.15) is 0 Å². The zero-order chi connectivity index (χ0) is 13.2. The van der Waals surface area contributed by atoms with Crippen LogP contribution < -0.4 is 0 Å². The minimum Gasteiger partial charge on any atom is -0.396 e. The summed E-state index contributed by atoms with van der Waals surface area (Å²) >= 11 is 6.39. The summed E-state index contributed by atoms with van der Waals surface area (Å²) in [4.78, 5) is 0. The van der Waals surface area contributed by atoms with Gasteiger partial charge < -0.3 is 5.11 Å². The van der Waals surface area contributed by atoms with Crippen LogP contribution in [0.4, 0.5) is 0 Å². The lowest BCUT2D eigenvalue weighted by molar-refractivity contribution is 0.224. The van der Waals surface area contributed by atoms with E-state index in [0.717, 1.165) is 10.6 Å². The monoisotopic (exact) mass is 266 g/mol. The van der Waals surface area contributed by atoms with Crippen molar-refractivity contribution >= 4 is 11.6 Å². The fourth-order valence-corrected chi connectivity index (χ4v) is 3.25. The first kappa shape index (κ1) is 13.9. The zero-order valence-corrected chi connectivity index (χ0v) is 12.1. The predicted molar refractivity (Wildman–Crippen MR) is 77.2 cm³/mol. The van der Waals surface area contributed by atoms with Crippen molar-refractivity contribution in [2.75, 3.05) is 6.61 Å². The topological polar surface area (TPSA) is 20.2 Å². The second-order valence-electron chi connectivity index (χ2n) is 6.27. The third-order valence-corrected chi connectivity index (χ3v) is 4.57. The van der Waals surface area contributed by atoms with E-state index in [1.807, 2.05) is 6.07 Å². The molecule has 0 unspecified atom stereocenters. The Morgan fingerprint density at radius 2 is 1.94 bits per heavy atom. The Morgan fingerprint density at radius 3 is 2.50 bits per heavy atom.